The van der Waals surface area contributed by atoms with Crippen LogP contribution in [0.4, 0.5) is 0 Å². The number of nitrogens with one attached hydrogen (secondary N) is 2. The Labute approximate surface area is 208 Å². The summed E-state index contributed by atoms with van der Waals surface area (Å²) >= 11 is 3.47. The van der Waals surface area contributed by atoms with Crippen LogP contribution in [0.25, 0.3) is 0 Å². The molecular weight excluding hydrogens is 500 g/mol. The van der Waals surface area contributed by atoms with Crippen LogP contribution >= 0.6 is 15.9 Å². The van der Waals surface area contributed by atoms with E-state index in [-0.39, 0.29) is 30.5 Å². The number of rotatable bonds is 10. The Morgan fingerprint density at radius 2 is 2.09 bits per heavy atom. The van der Waals surface area contributed by atoms with Crippen LogP contribution < -0.4 is 16.4 Å². The van der Waals surface area contributed by atoms with Crippen LogP contribution in [0.3, 0.4) is 0 Å². The van der Waals surface area contributed by atoms with Gasteiger partial charge in [-0.25, -0.2) is 4.68 Å². The van der Waals surface area contributed by atoms with Crippen molar-refractivity contribution in [2.24, 2.45) is 5.73 Å². The fourth-order valence-electron chi connectivity index (χ4n) is 4.02. The van der Waals surface area contributed by atoms with Crippen molar-refractivity contribution in [2.75, 3.05) is 0 Å². The molecule has 1 aromatic carbocycles. The third-order valence-electron chi connectivity index (χ3n) is 5.81. The second-order valence-corrected chi connectivity index (χ2v) is 9.46. The Bertz CT molecular complexity index is 1020. The van der Waals surface area contributed by atoms with Crippen LogP contribution in [0.5, 0.6) is 0 Å². The lowest BCUT2D eigenvalue weighted by molar-refractivity contribution is -0.121. The van der Waals surface area contributed by atoms with Gasteiger partial charge in [-0.1, -0.05) is 47.1 Å². The van der Waals surface area contributed by atoms with E-state index in [1.807, 2.05) is 44.3 Å². The fraction of sp³-hybridized carbons (Fsp3) is 0.500. The van der Waals surface area contributed by atoms with Gasteiger partial charge in [-0.3, -0.25) is 9.59 Å². The van der Waals surface area contributed by atoms with Gasteiger partial charge in [0.2, 0.25) is 11.8 Å². The van der Waals surface area contributed by atoms with Crippen LogP contribution in [0.2, 0.25) is 0 Å². The zero-order valence-electron chi connectivity index (χ0n) is 19.8. The Kier molecular flexibility index (Phi) is 9.37. The molecule has 3 atom stereocenters. The Morgan fingerprint density at radius 3 is 2.76 bits per heavy atom. The Balaban J connectivity index is 1.64. The van der Waals surface area contributed by atoms with E-state index in [9.17, 15) is 9.59 Å². The lowest BCUT2D eigenvalue weighted by Crippen LogP contribution is -2.57. The molecule has 1 aromatic heterocycles. The quantitative estimate of drug-likeness (QED) is 0.431. The lowest BCUT2D eigenvalue weighted by atomic mass is 9.87. The van der Waals surface area contributed by atoms with Gasteiger partial charge < -0.3 is 21.1 Å². The minimum absolute atomic E-state index is 0.0207. The first-order chi connectivity index (χ1) is 16.3. The molecule has 3 rings (SSSR count). The molecule has 0 aliphatic heterocycles. The first-order valence-corrected chi connectivity index (χ1v) is 12.4. The summed E-state index contributed by atoms with van der Waals surface area (Å²) in [4.78, 5) is 24.6. The van der Waals surface area contributed by atoms with Crippen LogP contribution in [0.1, 0.15) is 51.3 Å². The van der Waals surface area contributed by atoms with E-state index in [4.69, 9.17) is 10.5 Å². The number of aromatic nitrogens is 3. The van der Waals surface area contributed by atoms with E-state index in [2.05, 4.69) is 36.9 Å². The van der Waals surface area contributed by atoms with Gasteiger partial charge in [0.25, 0.3) is 0 Å². The molecule has 0 saturated heterocycles. The summed E-state index contributed by atoms with van der Waals surface area (Å²) in [6, 6.07) is 7.16. The maximum Gasteiger partial charge on any atom is 0.247 e. The van der Waals surface area contributed by atoms with Crippen molar-refractivity contribution in [1.82, 2.24) is 25.6 Å². The number of nitrogens with zero attached hydrogens (tertiary/aromatic N) is 3. The number of benzene rings is 1. The summed E-state index contributed by atoms with van der Waals surface area (Å²) in [7, 11) is 0. The summed E-state index contributed by atoms with van der Waals surface area (Å²) in [5, 5.41) is 14.1. The predicted octanol–water partition coefficient (Wildman–Crippen LogP) is 2.44. The highest BCUT2D eigenvalue weighted by atomic mass is 79.9. The van der Waals surface area contributed by atoms with Gasteiger partial charge in [0.15, 0.2) is 0 Å². The smallest absolute Gasteiger partial charge is 0.247 e. The molecule has 1 heterocycles. The topological polar surface area (TPSA) is 124 Å². The van der Waals surface area contributed by atoms with Crippen molar-refractivity contribution in [3.05, 3.63) is 57.8 Å². The molecule has 0 bridgehead atoms. The van der Waals surface area contributed by atoms with Crippen LogP contribution in [-0.2, 0) is 27.4 Å². The first kappa shape index (κ1) is 26.1. The van der Waals surface area contributed by atoms with Gasteiger partial charge in [-0.05, 0) is 43.0 Å². The van der Waals surface area contributed by atoms with Gasteiger partial charge in [0, 0.05) is 23.0 Å². The molecule has 2 aromatic rings. The maximum absolute atomic E-state index is 12.9. The van der Waals surface area contributed by atoms with E-state index in [1.165, 1.54) is 6.92 Å². The second-order valence-electron chi connectivity index (χ2n) is 8.55. The van der Waals surface area contributed by atoms with Crippen LogP contribution in [0.15, 0.2) is 46.6 Å². The van der Waals surface area contributed by atoms with E-state index < -0.39 is 12.1 Å². The Morgan fingerprint density at radius 1 is 1.32 bits per heavy atom. The minimum Gasteiger partial charge on any atom is -0.369 e. The van der Waals surface area contributed by atoms with E-state index >= 15 is 0 Å². The van der Waals surface area contributed by atoms with Crippen molar-refractivity contribution in [3.63, 3.8) is 0 Å². The molecule has 4 N–H and O–H groups in total. The molecule has 0 unspecified atom stereocenters. The van der Waals surface area contributed by atoms with Crippen LogP contribution in [0, 0.1) is 0 Å². The summed E-state index contributed by atoms with van der Waals surface area (Å²) in [6.45, 7) is 6.38. The molecule has 0 radical (unpaired) electrons. The van der Waals surface area contributed by atoms with Crippen molar-refractivity contribution >= 4 is 27.7 Å². The third-order valence-corrected chi connectivity index (χ3v) is 6.30. The molecule has 2 amide bonds. The van der Waals surface area contributed by atoms with Crippen molar-refractivity contribution in [2.45, 2.75) is 77.4 Å². The van der Waals surface area contributed by atoms with Gasteiger partial charge in [-0.2, -0.15) is 0 Å². The molecule has 0 fully saturated rings. The SMILES string of the molecule is CCC(CC)O[C@@H]1C=C(C(=O)NCc2cn(Cc3cccc(Br)c3)nn2)C[C@H](N)[C@H]1NC(C)=O. The van der Waals surface area contributed by atoms with E-state index in [1.54, 1.807) is 10.8 Å². The summed E-state index contributed by atoms with van der Waals surface area (Å²) in [5.74, 6) is -0.401. The van der Waals surface area contributed by atoms with Gasteiger partial charge in [-0.15, -0.1) is 5.10 Å². The normalized spacial score (nSPS) is 20.2. The lowest BCUT2D eigenvalue weighted by Gasteiger charge is -2.36. The standard InChI is InChI=1S/C24H33BrN6O3/c1-4-20(5-2)34-22-11-17(10-21(26)23(22)28-15(3)32)24(33)27-12-19-14-31(30-29-19)13-16-7-6-8-18(25)9-16/h6-9,11,14,20-23H,4-5,10,12-13,26H2,1-3H3,(H,27,33)(H,28,32)/t21-,22+,23+/m0/s1. The number of amides is 2. The van der Waals surface area contributed by atoms with Gasteiger partial charge in [0.1, 0.15) is 5.69 Å². The number of hydrogen-bond donors (Lipinski definition) is 3. The van der Waals surface area contributed by atoms with Gasteiger partial charge >= 0.3 is 0 Å². The average molecular weight is 533 g/mol. The molecular formula is C24H33BrN6O3. The molecule has 10 heteroatoms. The molecule has 9 nitrogen and oxygen atoms in total. The molecule has 0 spiro atoms. The van der Waals surface area contributed by atoms with E-state index in [0.717, 1.165) is 22.9 Å². The summed E-state index contributed by atoms with van der Waals surface area (Å²) < 4.78 is 8.94. The van der Waals surface area contributed by atoms with Crippen LogP contribution in [-0.4, -0.2) is 51.1 Å². The maximum atomic E-state index is 12.9. The minimum atomic E-state index is -0.468. The fourth-order valence-corrected chi connectivity index (χ4v) is 4.46. The number of ether oxygens (including phenoxy) is 1. The van der Waals surface area contributed by atoms with Crippen molar-refractivity contribution in [3.8, 4) is 0 Å². The van der Waals surface area contributed by atoms with Crippen molar-refractivity contribution < 1.29 is 14.3 Å². The number of carbonyl (C=O) groups is 2. The van der Waals surface area contributed by atoms with Gasteiger partial charge in [0.05, 0.1) is 37.5 Å². The summed E-state index contributed by atoms with van der Waals surface area (Å²) in [6.07, 6.45) is 5.17. The number of carbonyl (C=O) groups excluding carboxylic acids is 2. The number of hydrogen-bond acceptors (Lipinski definition) is 6. The second kappa shape index (κ2) is 12.2. The highest BCUT2D eigenvalue weighted by Crippen LogP contribution is 2.23. The molecule has 184 valence electrons. The molecule has 1 aliphatic rings. The van der Waals surface area contributed by atoms with Crippen molar-refractivity contribution in [1.29, 1.82) is 0 Å². The van der Waals surface area contributed by atoms with E-state index in [0.29, 0.717) is 24.2 Å². The largest absolute Gasteiger partial charge is 0.369 e. The number of nitrogens with two attached hydrogens (primary N) is 1. The zero-order valence-corrected chi connectivity index (χ0v) is 21.4. The Hall–Kier alpha value is -2.56. The zero-order chi connectivity index (χ0) is 24.7. The molecule has 34 heavy (non-hydrogen) atoms. The monoisotopic (exact) mass is 532 g/mol. The highest BCUT2D eigenvalue weighted by Gasteiger charge is 2.35. The first-order valence-electron chi connectivity index (χ1n) is 11.6. The predicted molar refractivity (Wildman–Crippen MR) is 133 cm³/mol. The molecule has 0 saturated carbocycles. The highest BCUT2D eigenvalue weighted by molar-refractivity contribution is 9.10. The molecule has 1 aliphatic carbocycles. The average Bonchev–Trinajstić information content (AvgIpc) is 3.24. The summed E-state index contributed by atoms with van der Waals surface area (Å²) in [5.41, 5.74) is 8.65. The third kappa shape index (κ3) is 7.22. The number of halogens is 1.